The second-order valence-electron chi connectivity index (χ2n) is 6.32. The van der Waals surface area contributed by atoms with E-state index in [1.807, 2.05) is 0 Å². The normalized spacial score (nSPS) is 16.4. The van der Waals surface area contributed by atoms with Crippen LogP contribution in [0.5, 0.6) is 0 Å². The lowest BCUT2D eigenvalue weighted by Gasteiger charge is -2.34. The Hall–Kier alpha value is -2.20. The Morgan fingerprint density at radius 1 is 0.893 bits per heavy atom. The molecular formula is C17H21F6NO4. The fourth-order valence-electron chi connectivity index (χ4n) is 2.81. The second-order valence-corrected chi connectivity index (χ2v) is 6.32. The molecule has 0 saturated heterocycles. The van der Waals surface area contributed by atoms with E-state index in [2.05, 4.69) is 9.47 Å². The molecule has 0 saturated carbocycles. The standard InChI is InChI=1S/C17H21F6NO4/c1-5-27-14(25)10-9(7-8(3)4)11(15(26)28-6-2)13(17(21,22)23)24-12(10)16(18,19)20/h8-9,24H,5-7H2,1-4H3. The number of halogens is 6. The van der Waals surface area contributed by atoms with Crippen molar-refractivity contribution in [1.29, 1.82) is 0 Å². The Balaban J connectivity index is 3.83. The Labute approximate surface area is 157 Å². The largest absolute Gasteiger partial charge is 0.463 e. The maximum Gasteiger partial charge on any atom is 0.431 e. The summed E-state index contributed by atoms with van der Waals surface area (Å²) in [5, 5.41) is 1.22. The summed E-state index contributed by atoms with van der Waals surface area (Å²) in [6.07, 6.45) is -11.0. The number of alkyl halides is 6. The quantitative estimate of drug-likeness (QED) is 0.523. The summed E-state index contributed by atoms with van der Waals surface area (Å²) in [4.78, 5) is 24.5. The van der Waals surface area contributed by atoms with Crippen LogP contribution in [-0.4, -0.2) is 37.5 Å². The third kappa shape index (κ3) is 5.41. The number of ether oxygens (including phenoxy) is 2. The summed E-state index contributed by atoms with van der Waals surface area (Å²) in [7, 11) is 0. The van der Waals surface area contributed by atoms with Gasteiger partial charge in [0.15, 0.2) is 0 Å². The predicted octanol–water partition coefficient (Wildman–Crippen LogP) is 4.01. The molecule has 0 fully saturated rings. The molecule has 5 nitrogen and oxygen atoms in total. The monoisotopic (exact) mass is 417 g/mol. The number of hydrogen-bond donors (Lipinski definition) is 1. The fraction of sp³-hybridized carbons (Fsp3) is 0.647. The molecule has 160 valence electrons. The van der Waals surface area contributed by atoms with Gasteiger partial charge in [0.05, 0.1) is 24.4 Å². The first-order chi connectivity index (χ1) is 12.8. The summed E-state index contributed by atoms with van der Waals surface area (Å²) >= 11 is 0. The molecule has 1 N–H and O–H groups in total. The highest BCUT2D eigenvalue weighted by Crippen LogP contribution is 2.44. The second kappa shape index (κ2) is 8.87. The molecule has 0 unspecified atom stereocenters. The molecule has 0 spiro atoms. The zero-order chi connectivity index (χ0) is 21.9. The number of dihydropyridines is 1. The van der Waals surface area contributed by atoms with Crippen LogP contribution in [0.3, 0.4) is 0 Å². The number of esters is 2. The van der Waals surface area contributed by atoms with Gasteiger partial charge in [0.25, 0.3) is 0 Å². The lowest BCUT2D eigenvalue weighted by atomic mass is 9.79. The van der Waals surface area contributed by atoms with Crippen LogP contribution in [0.25, 0.3) is 0 Å². The van der Waals surface area contributed by atoms with E-state index in [1.165, 1.54) is 33.0 Å². The zero-order valence-corrected chi connectivity index (χ0v) is 15.7. The van der Waals surface area contributed by atoms with Crippen molar-refractivity contribution >= 4 is 11.9 Å². The van der Waals surface area contributed by atoms with Crippen LogP contribution in [0, 0.1) is 11.8 Å². The molecule has 1 aliphatic heterocycles. The van der Waals surface area contributed by atoms with Gasteiger partial charge in [-0.15, -0.1) is 0 Å². The van der Waals surface area contributed by atoms with E-state index in [0.29, 0.717) is 0 Å². The number of allylic oxidation sites excluding steroid dienone is 2. The maximum absolute atomic E-state index is 13.5. The van der Waals surface area contributed by atoms with Crippen LogP contribution in [0.15, 0.2) is 22.5 Å². The topological polar surface area (TPSA) is 64.6 Å². The SMILES string of the molecule is CCOC(=O)C1=C(C(F)(F)F)NC(C(F)(F)F)=C(C(=O)OCC)C1CC(C)C. The first-order valence-electron chi connectivity index (χ1n) is 8.49. The van der Waals surface area contributed by atoms with Gasteiger partial charge in [-0.2, -0.15) is 26.3 Å². The molecule has 11 heteroatoms. The van der Waals surface area contributed by atoms with Gasteiger partial charge >= 0.3 is 24.3 Å². The van der Waals surface area contributed by atoms with Gasteiger partial charge in [0, 0.05) is 5.92 Å². The van der Waals surface area contributed by atoms with Crippen LogP contribution in [0.1, 0.15) is 34.1 Å². The van der Waals surface area contributed by atoms with Crippen molar-refractivity contribution in [2.45, 2.75) is 46.5 Å². The molecule has 0 aromatic carbocycles. The molecule has 0 amide bonds. The van der Waals surface area contributed by atoms with Crippen molar-refractivity contribution in [3.8, 4) is 0 Å². The van der Waals surface area contributed by atoms with E-state index in [0.717, 1.165) is 0 Å². The smallest absolute Gasteiger partial charge is 0.431 e. The highest BCUT2D eigenvalue weighted by molar-refractivity contribution is 5.98. The van der Waals surface area contributed by atoms with Gasteiger partial charge in [-0.1, -0.05) is 13.8 Å². The van der Waals surface area contributed by atoms with Crippen molar-refractivity contribution in [2.75, 3.05) is 13.2 Å². The summed E-state index contributed by atoms with van der Waals surface area (Å²) in [6, 6.07) is 0. The number of carbonyl (C=O) groups excluding carboxylic acids is 2. The predicted molar refractivity (Wildman–Crippen MR) is 85.5 cm³/mol. The van der Waals surface area contributed by atoms with Gasteiger partial charge in [0.2, 0.25) is 0 Å². The first kappa shape index (κ1) is 23.8. The van der Waals surface area contributed by atoms with Crippen molar-refractivity contribution in [3.05, 3.63) is 22.5 Å². The molecule has 0 bridgehead atoms. The Morgan fingerprint density at radius 3 is 1.50 bits per heavy atom. The minimum Gasteiger partial charge on any atom is -0.463 e. The Bertz CT molecular complexity index is 624. The van der Waals surface area contributed by atoms with E-state index >= 15 is 0 Å². The van der Waals surface area contributed by atoms with E-state index in [9.17, 15) is 35.9 Å². The molecular weight excluding hydrogens is 396 g/mol. The van der Waals surface area contributed by atoms with Gasteiger partial charge in [-0.05, 0) is 26.2 Å². The van der Waals surface area contributed by atoms with Crippen LogP contribution in [0.2, 0.25) is 0 Å². The summed E-state index contributed by atoms with van der Waals surface area (Å²) in [5.74, 6) is -5.14. The van der Waals surface area contributed by atoms with Crippen LogP contribution >= 0.6 is 0 Å². The first-order valence-corrected chi connectivity index (χ1v) is 8.49. The van der Waals surface area contributed by atoms with E-state index < -0.39 is 58.7 Å². The van der Waals surface area contributed by atoms with Crippen molar-refractivity contribution < 1.29 is 45.4 Å². The zero-order valence-electron chi connectivity index (χ0n) is 15.7. The summed E-state index contributed by atoms with van der Waals surface area (Å²) in [6.45, 7) is 5.15. The summed E-state index contributed by atoms with van der Waals surface area (Å²) in [5.41, 5.74) is -5.92. The molecule has 0 aromatic rings. The van der Waals surface area contributed by atoms with Crippen LogP contribution < -0.4 is 5.32 Å². The lowest BCUT2D eigenvalue weighted by molar-refractivity contribution is -0.144. The molecule has 1 aliphatic rings. The van der Waals surface area contributed by atoms with Gasteiger partial charge in [-0.3, -0.25) is 0 Å². The van der Waals surface area contributed by atoms with Crippen molar-refractivity contribution in [1.82, 2.24) is 5.32 Å². The van der Waals surface area contributed by atoms with Gasteiger partial charge in [-0.25, -0.2) is 9.59 Å². The number of nitrogens with one attached hydrogen (secondary N) is 1. The molecule has 28 heavy (non-hydrogen) atoms. The Kier molecular flexibility index (Phi) is 7.55. The third-order valence-corrected chi connectivity index (χ3v) is 3.75. The molecule has 1 heterocycles. The number of carbonyl (C=O) groups is 2. The number of hydrogen-bond acceptors (Lipinski definition) is 5. The average Bonchev–Trinajstić information content (AvgIpc) is 2.51. The average molecular weight is 417 g/mol. The molecule has 0 aliphatic carbocycles. The van der Waals surface area contributed by atoms with E-state index in [1.54, 1.807) is 0 Å². The Morgan fingerprint density at radius 2 is 1.25 bits per heavy atom. The fourth-order valence-corrected chi connectivity index (χ4v) is 2.81. The minimum absolute atomic E-state index is 0.299. The van der Waals surface area contributed by atoms with Crippen molar-refractivity contribution in [2.24, 2.45) is 11.8 Å². The van der Waals surface area contributed by atoms with E-state index in [4.69, 9.17) is 0 Å². The minimum atomic E-state index is -5.31. The van der Waals surface area contributed by atoms with Crippen LogP contribution in [0.4, 0.5) is 26.3 Å². The highest BCUT2D eigenvalue weighted by atomic mass is 19.4. The maximum atomic E-state index is 13.5. The molecule has 0 aromatic heterocycles. The number of rotatable bonds is 6. The molecule has 0 radical (unpaired) electrons. The van der Waals surface area contributed by atoms with Gasteiger partial charge < -0.3 is 14.8 Å². The molecule has 0 atom stereocenters. The lowest BCUT2D eigenvalue weighted by Crippen LogP contribution is -2.44. The van der Waals surface area contributed by atoms with Crippen molar-refractivity contribution in [3.63, 3.8) is 0 Å². The van der Waals surface area contributed by atoms with Crippen LogP contribution in [-0.2, 0) is 19.1 Å². The van der Waals surface area contributed by atoms with E-state index in [-0.39, 0.29) is 19.6 Å². The highest BCUT2D eigenvalue weighted by Gasteiger charge is 2.52. The molecule has 1 rings (SSSR count). The summed E-state index contributed by atoms with van der Waals surface area (Å²) < 4.78 is 90.3. The third-order valence-electron chi connectivity index (χ3n) is 3.75. The van der Waals surface area contributed by atoms with Gasteiger partial charge in [0.1, 0.15) is 11.4 Å².